The number of carbonyl (C=O) groups is 1. The van der Waals surface area contributed by atoms with E-state index in [2.05, 4.69) is 0 Å². The Bertz CT molecular complexity index is 646. The fraction of sp³-hybridized carbons (Fsp3) is 0.385. The predicted molar refractivity (Wildman–Crippen MR) is 70.3 cm³/mol. The second kappa shape index (κ2) is 5.61. The largest absolute Gasteiger partial charge is 0.480 e. The quantitative estimate of drug-likeness (QED) is 0.892. The number of sulfonamides is 1. The molecule has 6 nitrogen and oxygen atoms in total. The Morgan fingerprint density at radius 1 is 1.40 bits per heavy atom. The van der Waals surface area contributed by atoms with Gasteiger partial charge in [0, 0.05) is 6.54 Å². The molecule has 2 rings (SSSR count). The van der Waals surface area contributed by atoms with Crippen molar-refractivity contribution >= 4 is 16.0 Å². The fourth-order valence-corrected chi connectivity index (χ4v) is 3.93. The SMILES string of the molecule is N#CCc1ccc(S(=O)(=O)N2CCC[C@@H]2C(=O)O)cc1. The summed E-state index contributed by atoms with van der Waals surface area (Å²) in [4.78, 5) is 11.1. The van der Waals surface area contributed by atoms with Crippen molar-refractivity contribution in [2.24, 2.45) is 0 Å². The highest BCUT2D eigenvalue weighted by atomic mass is 32.2. The van der Waals surface area contributed by atoms with Crippen molar-refractivity contribution in [3.8, 4) is 6.07 Å². The van der Waals surface area contributed by atoms with Crippen LogP contribution in [0.1, 0.15) is 18.4 Å². The van der Waals surface area contributed by atoms with Crippen molar-refractivity contribution in [2.75, 3.05) is 6.54 Å². The normalized spacial score (nSPS) is 19.6. The summed E-state index contributed by atoms with van der Waals surface area (Å²) in [6.07, 6.45) is 1.09. The minimum Gasteiger partial charge on any atom is -0.480 e. The van der Waals surface area contributed by atoms with Crippen LogP contribution in [0.15, 0.2) is 29.2 Å². The van der Waals surface area contributed by atoms with Crippen molar-refractivity contribution in [3.63, 3.8) is 0 Å². The molecule has 1 aromatic rings. The van der Waals surface area contributed by atoms with Gasteiger partial charge in [-0.05, 0) is 30.5 Å². The molecule has 1 aliphatic heterocycles. The topological polar surface area (TPSA) is 98.5 Å². The third-order valence-electron chi connectivity index (χ3n) is 3.30. The van der Waals surface area contributed by atoms with Crippen LogP contribution in [-0.4, -0.2) is 36.4 Å². The highest BCUT2D eigenvalue weighted by Gasteiger charge is 2.39. The number of nitriles is 1. The van der Waals surface area contributed by atoms with Crippen LogP contribution in [0.2, 0.25) is 0 Å². The standard InChI is InChI=1S/C13H14N2O4S/c14-8-7-10-3-5-11(6-4-10)20(18,19)15-9-1-2-12(15)13(16)17/h3-6,12H,1-2,7,9H2,(H,16,17)/t12-/m1/s1. The van der Waals surface area contributed by atoms with E-state index in [-0.39, 0.29) is 17.9 Å². The molecule has 1 aromatic carbocycles. The van der Waals surface area contributed by atoms with Crippen LogP contribution in [0.3, 0.4) is 0 Å². The number of rotatable bonds is 4. The first kappa shape index (κ1) is 14.5. The zero-order chi connectivity index (χ0) is 14.8. The number of hydrogen-bond acceptors (Lipinski definition) is 4. The Labute approximate surface area is 117 Å². The summed E-state index contributed by atoms with van der Waals surface area (Å²) in [5.74, 6) is -1.12. The summed E-state index contributed by atoms with van der Waals surface area (Å²) in [5, 5.41) is 17.6. The summed E-state index contributed by atoms with van der Waals surface area (Å²) >= 11 is 0. The van der Waals surface area contributed by atoms with Crippen molar-refractivity contribution in [2.45, 2.75) is 30.2 Å². The second-order valence-corrected chi connectivity index (χ2v) is 6.48. The number of carboxylic acids is 1. The van der Waals surface area contributed by atoms with Crippen molar-refractivity contribution in [1.82, 2.24) is 4.31 Å². The molecule has 1 fully saturated rings. The van der Waals surface area contributed by atoms with E-state index in [0.29, 0.717) is 12.8 Å². The first-order valence-corrected chi connectivity index (χ1v) is 7.61. The number of aliphatic carboxylic acids is 1. The summed E-state index contributed by atoms with van der Waals surface area (Å²) in [5.41, 5.74) is 0.725. The lowest BCUT2D eigenvalue weighted by Crippen LogP contribution is -2.40. The predicted octanol–water partition coefficient (Wildman–Crippen LogP) is 0.990. The molecule has 0 radical (unpaired) electrons. The summed E-state index contributed by atoms with van der Waals surface area (Å²) in [6, 6.07) is 6.97. The molecule has 0 bridgehead atoms. The highest BCUT2D eigenvalue weighted by molar-refractivity contribution is 7.89. The number of nitrogens with zero attached hydrogens (tertiary/aromatic N) is 2. The molecule has 0 unspecified atom stereocenters. The molecule has 1 saturated heterocycles. The van der Waals surface area contributed by atoms with Crippen LogP contribution in [-0.2, 0) is 21.2 Å². The average molecular weight is 294 g/mol. The lowest BCUT2D eigenvalue weighted by Gasteiger charge is -2.20. The summed E-state index contributed by atoms with van der Waals surface area (Å²) in [7, 11) is -3.80. The van der Waals surface area contributed by atoms with E-state index in [0.717, 1.165) is 9.87 Å². The van der Waals surface area contributed by atoms with Gasteiger partial charge < -0.3 is 5.11 Å². The van der Waals surface area contributed by atoms with Gasteiger partial charge in [0.05, 0.1) is 17.4 Å². The van der Waals surface area contributed by atoms with E-state index in [1.165, 1.54) is 12.1 Å². The van der Waals surface area contributed by atoms with Gasteiger partial charge in [0.25, 0.3) is 0 Å². The molecule has 1 heterocycles. The van der Waals surface area contributed by atoms with Gasteiger partial charge in [0.2, 0.25) is 10.0 Å². The minimum absolute atomic E-state index is 0.0624. The van der Waals surface area contributed by atoms with Gasteiger partial charge >= 0.3 is 5.97 Å². The van der Waals surface area contributed by atoms with Crippen molar-refractivity contribution in [3.05, 3.63) is 29.8 Å². The Hall–Kier alpha value is -1.91. The molecule has 20 heavy (non-hydrogen) atoms. The van der Waals surface area contributed by atoms with Crippen LogP contribution in [0.5, 0.6) is 0 Å². The third kappa shape index (κ3) is 2.66. The van der Waals surface area contributed by atoms with Crippen molar-refractivity contribution in [1.29, 1.82) is 5.26 Å². The van der Waals surface area contributed by atoms with E-state index < -0.39 is 22.0 Å². The van der Waals surface area contributed by atoms with Crippen LogP contribution < -0.4 is 0 Å². The second-order valence-electron chi connectivity index (χ2n) is 4.59. The van der Waals surface area contributed by atoms with Gasteiger partial charge in [-0.3, -0.25) is 4.79 Å². The molecule has 7 heteroatoms. The lowest BCUT2D eigenvalue weighted by atomic mass is 10.2. The first-order chi connectivity index (χ1) is 9.46. The highest BCUT2D eigenvalue weighted by Crippen LogP contribution is 2.26. The molecule has 0 spiro atoms. The number of benzene rings is 1. The molecule has 1 N–H and O–H groups in total. The Morgan fingerprint density at radius 3 is 2.60 bits per heavy atom. The smallest absolute Gasteiger partial charge is 0.322 e. The van der Waals surface area contributed by atoms with Gasteiger partial charge in [0.15, 0.2) is 0 Å². The Balaban J connectivity index is 2.30. The average Bonchev–Trinajstić information content (AvgIpc) is 2.90. The van der Waals surface area contributed by atoms with E-state index in [9.17, 15) is 13.2 Å². The molecule has 0 saturated carbocycles. The maximum atomic E-state index is 12.4. The first-order valence-electron chi connectivity index (χ1n) is 6.17. The minimum atomic E-state index is -3.80. The number of carboxylic acid groups (broad SMARTS) is 1. The maximum Gasteiger partial charge on any atom is 0.322 e. The molecule has 106 valence electrons. The van der Waals surface area contributed by atoms with E-state index in [1.807, 2.05) is 6.07 Å². The van der Waals surface area contributed by atoms with Gasteiger partial charge in [-0.25, -0.2) is 8.42 Å². The maximum absolute atomic E-state index is 12.4. The molecule has 0 aromatic heterocycles. The molecular weight excluding hydrogens is 280 g/mol. The Morgan fingerprint density at radius 2 is 2.05 bits per heavy atom. The van der Waals surface area contributed by atoms with Crippen LogP contribution >= 0.6 is 0 Å². The van der Waals surface area contributed by atoms with Gasteiger partial charge in [-0.1, -0.05) is 12.1 Å². The summed E-state index contributed by atoms with van der Waals surface area (Å²) < 4.78 is 25.9. The van der Waals surface area contributed by atoms with Crippen molar-refractivity contribution < 1.29 is 18.3 Å². The third-order valence-corrected chi connectivity index (χ3v) is 5.22. The Kier molecular flexibility index (Phi) is 4.06. The molecule has 0 aliphatic carbocycles. The fourth-order valence-electron chi connectivity index (χ4n) is 2.28. The lowest BCUT2D eigenvalue weighted by molar-refractivity contribution is -0.140. The zero-order valence-electron chi connectivity index (χ0n) is 10.7. The molecular formula is C13H14N2O4S. The van der Waals surface area contributed by atoms with Gasteiger partial charge in [0.1, 0.15) is 6.04 Å². The molecule has 1 atom stereocenters. The zero-order valence-corrected chi connectivity index (χ0v) is 11.5. The molecule has 0 amide bonds. The van der Waals surface area contributed by atoms with Crippen LogP contribution in [0, 0.1) is 11.3 Å². The summed E-state index contributed by atoms with van der Waals surface area (Å²) in [6.45, 7) is 0.221. The van der Waals surface area contributed by atoms with Crippen LogP contribution in [0.25, 0.3) is 0 Å². The number of hydrogen-bond donors (Lipinski definition) is 1. The van der Waals surface area contributed by atoms with E-state index >= 15 is 0 Å². The monoisotopic (exact) mass is 294 g/mol. The van der Waals surface area contributed by atoms with Crippen LogP contribution in [0.4, 0.5) is 0 Å². The van der Waals surface area contributed by atoms with Gasteiger partial charge in [-0.2, -0.15) is 9.57 Å². The van der Waals surface area contributed by atoms with Gasteiger partial charge in [-0.15, -0.1) is 0 Å². The van der Waals surface area contributed by atoms with E-state index in [4.69, 9.17) is 10.4 Å². The van der Waals surface area contributed by atoms with E-state index in [1.54, 1.807) is 12.1 Å². The molecule has 1 aliphatic rings.